The van der Waals surface area contributed by atoms with Crippen LogP contribution in [0.4, 0.5) is 0 Å². The van der Waals surface area contributed by atoms with Crippen molar-refractivity contribution in [1.82, 2.24) is 51.2 Å². The molecule has 7 rings (SSSR count). The summed E-state index contributed by atoms with van der Waals surface area (Å²) in [5.74, 6) is 1.21. The number of ketones is 1. The van der Waals surface area contributed by atoms with Gasteiger partial charge in [-0.05, 0) is 47.6 Å². The van der Waals surface area contributed by atoms with E-state index in [1.165, 1.54) is 23.9 Å². The van der Waals surface area contributed by atoms with Gasteiger partial charge in [0.25, 0.3) is 0 Å². The van der Waals surface area contributed by atoms with Crippen molar-refractivity contribution in [3.8, 4) is 18.2 Å². The quantitative estimate of drug-likeness (QED) is 0.0174. The molecule has 3 aromatic carbocycles. The monoisotopic (exact) mass is 1010 g/mol. The van der Waals surface area contributed by atoms with Crippen LogP contribution in [0.2, 0.25) is 0 Å². The predicted molar refractivity (Wildman–Crippen MR) is 267 cm³/mol. The number of hydrogen-bond acceptors (Lipinski definition) is 17. The number of nitrogens with one attached hydrogen (secondary N) is 4. The molecule has 19 nitrogen and oxygen atoms in total. The third kappa shape index (κ3) is 22.5. The lowest BCUT2D eigenvalue weighted by Gasteiger charge is -2.08. The number of pyridine rings is 2. The second-order valence-electron chi connectivity index (χ2n) is 13.4. The number of Topliss-reactive ketones (excluding diaryl/α,β-unsaturated/α-hetero) is 1. The van der Waals surface area contributed by atoms with Crippen molar-refractivity contribution in [2.24, 2.45) is 5.73 Å². The smallest absolute Gasteiger partial charge is 0.313 e. The number of benzene rings is 3. The first-order valence-electron chi connectivity index (χ1n) is 20.0. The Kier molecular flexibility index (Phi) is 27.2. The summed E-state index contributed by atoms with van der Waals surface area (Å²) in [5.41, 5.74) is 9.78. The van der Waals surface area contributed by atoms with Gasteiger partial charge in [0.05, 0.1) is 56.9 Å². The minimum absolute atomic E-state index is 0. The number of thiol groups is 1. The summed E-state index contributed by atoms with van der Waals surface area (Å²) in [7, 11) is 0. The molecule has 0 saturated carbocycles. The maximum atomic E-state index is 11.9. The van der Waals surface area contributed by atoms with Crippen LogP contribution >= 0.6 is 48.2 Å². The standard InChI is InChI=1S/C15H12N6OS.C13H10N2OS.C12H14O3.C3H4N2S.C2H3ClN4.CH4/c16-8-12-11(6-10-4-2-1-3-5-10)7-14(22)17-15(12)23-9-13-18-20-21-19-13;14-8-11-10(7-12(16)15-13(11)17)6-9-4-2-1-3-5-9;1-2-15-12(14)9-11(13)8-10-6-4-3-5-7-10;4-2-1-3(5)6;3-1-2-4-6-7-5-2;/h1-5,7H,6,9H2,(H,17,22)(H,18,19,20,21);1-5,7H,6H2,(H2,15,16,17);3-7H,2,8-9H2,1H3;1H2,(H2,5,6);1H2,(H,4,5,6,7);1H4. The summed E-state index contributed by atoms with van der Waals surface area (Å²) >= 11 is 15.0. The van der Waals surface area contributed by atoms with Gasteiger partial charge in [0.2, 0.25) is 11.1 Å². The van der Waals surface area contributed by atoms with Crippen molar-refractivity contribution in [3.63, 3.8) is 0 Å². The fourth-order valence-corrected chi connectivity index (χ4v) is 6.78. The highest BCUT2D eigenvalue weighted by Crippen LogP contribution is 2.25. The van der Waals surface area contributed by atoms with Gasteiger partial charge >= 0.3 is 5.97 Å². The Morgan fingerprint density at radius 3 is 1.70 bits per heavy atom. The molecule has 4 heterocycles. The Balaban J connectivity index is 0.000000317. The molecule has 0 unspecified atom stereocenters. The lowest BCUT2D eigenvalue weighted by Crippen LogP contribution is -2.12. The van der Waals surface area contributed by atoms with Gasteiger partial charge in [-0.15, -0.1) is 44.6 Å². The van der Waals surface area contributed by atoms with Crippen LogP contribution in [0.3, 0.4) is 0 Å². The largest absolute Gasteiger partial charge is 0.466 e. The van der Waals surface area contributed by atoms with Crippen molar-refractivity contribution in [1.29, 1.82) is 15.8 Å². The maximum absolute atomic E-state index is 11.9. The zero-order valence-electron chi connectivity index (χ0n) is 36.3. The van der Waals surface area contributed by atoms with Crippen molar-refractivity contribution in [3.05, 3.63) is 174 Å². The number of rotatable bonds is 14. The highest BCUT2D eigenvalue weighted by Gasteiger charge is 2.14. The molecule has 0 amide bonds. The fraction of sp³-hybridized carbons (Fsp3) is 0.217. The van der Waals surface area contributed by atoms with E-state index in [1.807, 2.05) is 91.0 Å². The molecular weight excluding hydrogens is 960 g/mol. The van der Waals surface area contributed by atoms with Gasteiger partial charge in [-0.3, -0.25) is 19.2 Å². The Hall–Kier alpha value is -7.81. The van der Waals surface area contributed by atoms with E-state index in [4.69, 9.17) is 32.6 Å². The Labute approximate surface area is 417 Å². The van der Waals surface area contributed by atoms with Crippen LogP contribution in [0.5, 0.6) is 0 Å². The number of hydrogen-bond donors (Lipinski definition) is 6. The molecule has 0 aliphatic carbocycles. The van der Waals surface area contributed by atoms with Crippen LogP contribution in [0.25, 0.3) is 0 Å². The first-order valence-corrected chi connectivity index (χ1v) is 22.4. The average molecular weight is 1010 g/mol. The number of nitrogens with zero attached hydrogens (tertiary/aromatic N) is 9. The predicted octanol–water partition coefficient (Wildman–Crippen LogP) is 6.28. The fourth-order valence-electron chi connectivity index (χ4n) is 5.41. The van der Waals surface area contributed by atoms with Crippen molar-refractivity contribution >= 4 is 65.0 Å². The van der Waals surface area contributed by atoms with Gasteiger partial charge in [-0.1, -0.05) is 133 Å². The summed E-state index contributed by atoms with van der Waals surface area (Å²) in [5, 5.41) is 53.4. The van der Waals surface area contributed by atoms with Gasteiger partial charge in [0.15, 0.2) is 11.6 Å². The van der Waals surface area contributed by atoms with Gasteiger partial charge in [0.1, 0.15) is 24.3 Å². The molecule has 0 saturated heterocycles. The van der Waals surface area contributed by atoms with E-state index >= 15 is 0 Å². The molecule has 69 heavy (non-hydrogen) atoms. The molecule has 6 N–H and O–H groups in total. The summed E-state index contributed by atoms with van der Waals surface area (Å²) in [4.78, 5) is 51.1. The number of H-pyrrole nitrogens is 4. The van der Waals surface area contributed by atoms with E-state index in [1.54, 1.807) is 13.0 Å². The molecule has 0 aliphatic heterocycles. The first-order chi connectivity index (χ1) is 32.9. The van der Waals surface area contributed by atoms with Crippen LogP contribution in [-0.4, -0.2) is 74.6 Å². The Morgan fingerprint density at radius 1 is 0.783 bits per heavy atom. The van der Waals surface area contributed by atoms with Crippen molar-refractivity contribution in [2.75, 3.05) is 6.61 Å². The highest BCUT2D eigenvalue weighted by molar-refractivity contribution is 7.98. The summed E-state index contributed by atoms with van der Waals surface area (Å²) in [6.07, 6.45) is 1.43. The summed E-state index contributed by atoms with van der Waals surface area (Å²) in [6.45, 7) is 2.04. The van der Waals surface area contributed by atoms with Gasteiger partial charge in [0, 0.05) is 18.6 Å². The summed E-state index contributed by atoms with van der Waals surface area (Å²) < 4.78 is 4.69. The normalized spacial score (nSPS) is 9.51. The van der Waals surface area contributed by atoms with Crippen LogP contribution in [0.15, 0.2) is 123 Å². The topological polar surface area (TPSA) is 315 Å². The third-order valence-electron chi connectivity index (χ3n) is 8.28. The number of aromatic amines is 4. The second kappa shape index (κ2) is 32.8. The summed E-state index contributed by atoms with van der Waals surface area (Å²) in [6, 6.07) is 37.8. The Bertz CT molecular complexity index is 2890. The van der Waals surface area contributed by atoms with E-state index in [2.05, 4.69) is 88.2 Å². The number of thioether (sulfide) groups is 1. The first kappa shape index (κ1) is 57.3. The third-order valence-corrected chi connectivity index (χ3v) is 10.00. The number of halogens is 1. The number of nitriles is 3. The van der Waals surface area contributed by atoms with Crippen LogP contribution in [-0.2, 0) is 45.2 Å². The molecular formula is C46H47ClN14O5S3. The van der Waals surface area contributed by atoms with Crippen molar-refractivity contribution in [2.45, 2.75) is 68.1 Å². The SMILES string of the molecule is C.CCOC(=O)CC(=O)Cc1ccccc1.ClCc1nn[nH]n1.N#CCC(N)=S.N#Cc1c(Cc2ccccc2)cc(=O)[nH]c1S.N#Cc1c(Cc2ccccc2)cc(=O)[nH]c1SCc1nn[nH]n1. The zero-order chi connectivity index (χ0) is 49.5. The van der Waals surface area contributed by atoms with Gasteiger partial charge < -0.3 is 20.4 Å². The molecule has 23 heteroatoms. The molecule has 0 bridgehead atoms. The number of carbonyl (C=O) groups excluding carboxylic acids is 2. The number of carbonyl (C=O) groups is 2. The number of alkyl halides is 1. The molecule has 0 aliphatic rings. The number of esters is 1. The van der Waals surface area contributed by atoms with E-state index in [-0.39, 0.29) is 42.2 Å². The number of tetrazole rings is 2. The van der Waals surface area contributed by atoms with E-state index in [0.717, 1.165) is 16.7 Å². The van der Waals surface area contributed by atoms with Crippen molar-refractivity contribution < 1.29 is 14.3 Å². The van der Waals surface area contributed by atoms with E-state index in [9.17, 15) is 24.4 Å². The minimum atomic E-state index is -0.446. The number of ether oxygens (including phenoxy) is 1. The molecule has 7 aromatic rings. The minimum Gasteiger partial charge on any atom is -0.466 e. The van der Waals surface area contributed by atoms with Crippen LogP contribution in [0, 0.1) is 34.0 Å². The molecule has 0 spiro atoms. The highest BCUT2D eigenvalue weighted by atomic mass is 35.5. The number of nitrogens with two attached hydrogens (primary N) is 1. The van der Waals surface area contributed by atoms with E-state index in [0.29, 0.717) is 81.5 Å². The van der Waals surface area contributed by atoms with Gasteiger partial charge in [-0.25, -0.2) is 0 Å². The maximum Gasteiger partial charge on any atom is 0.313 e. The number of aromatic nitrogens is 10. The molecule has 0 fully saturated rings. The molecule has 0 atom stereocenters. The molecule has 4 aromatic heterocycles. The average Bonchev–Trinajstić information content (AvgIpc) is 4.06. The van der Waals surface area contributed by atoms with Gasteiger partial charge in [-0.2, -0.15) is 26.2 Å². The lowest BCUT2D eigenvalue weighted by atomic mass is 10.0. The van der Waals surface area contributed by atoms with Crippen LogP contribution < -0.4 is 16.9 Å². The lowest BCUT2D eigenvalue weighted by molar-refractivity contribution is -0.145. The number of thiocarbonyl (C=S) groups is 1. The van der Waals surface area contributed by atoms with Crippen LogP contribution in [0.1, 0.15) is 77.8 Å². The zero-order valence-corrected chi connectivity index (χ0v) is 39.5. The Morgan fingerprint density at radius 2 is 1.28 bits per heavy atom. The van der Waals surface area contributed by atoms with E-state index < -0.39 is 5.97 Å². The molecule has 0 radical (unpaired) electrons. The second-order valence-corrected chi connectivity index (χ2v) is 15.6. The molecule has 356 valence electrons.